The molecule has 10 rings (SSSR count). The van der Waals surface area contributed by atoms with Crippen LogP contribution in [0.5, 0.6) is 0 Å². The molecule has 4 nitrogen and oxygen atoms in total. The molecule has 0 saturated heterocycles. The van der Waals surface area contributed by atoms with Gasteiger partial charge in [0.05, 0.1) is 28.1 Å². The molecule has 3 heterocycles. The molecule has 0 amide bonds. The van der Waals surface area contributed by atoms with Crippen LogP contribution in [0.2, 0.25) is 0 Å². The molecule has 0 atom stereocenters. The third-order valence-electron chi connectivity index (χ3n) is 12.1. The second-order valence-corrected chi connectivity index (χ2v) is 15.5. The minimum absolute atomic E-state index is 0.634. The van der Waals surface area contributed by atoms with Crippen LogP contribution >= 0.6 is 0 Å². The summed E-state index contributed by atoms with van der Waals surface area (Å²) in [5.41, 5.74) is 16.8. The summed E-state index contributed by atoms with van der Waals surface area (Å²) in [6.07, 6.45) is 14.3. The summed E-state index contributed by atoms with van der Waals surface area (Å²) < 4.78 is 2.35. The van der Waals surface area contributed by atoms with Gasteiger partial charge in [0.1, 0.15) is 0 Å². The molecule has 0 spiro atoms. The quantitative estimate of drug-likeness (QED) is 0.144. The maximum Gasteiger partial charge on any atom is 0.235 e. The number of hydrogen-bond donors (Lipinski definition) is 0. The molecule has 0 N–H and O–H groups in total. The van der Waals surface area contributed by atoms with Crippen molar-refractivity contribution in [1.82, 2.24) is 14.5 Å². The van der Waals surface area contributed by atoms with Gasteiger partial charge in [-0.1, -0.05) is 171 Å². The average molecular weight is 787 g/mol. The maximum atomic E-state index is 5.63. The van der Waals surface area contributed by atoms with Gasteiger partial charge in [-0.05, 0) is 89.4 Å². The van der Waals surface area contributed by atoms with Gasteiger partial charge in [-0.25, -0.2) is 9.97 Å². The highest BCUT2D eigenvalue weighted by Gasteiger charge is 2.31. The summed E-state index contributed by atoms with van der Waals surface area (Å²) in [5.74, 6) is 0.634. The Morgan fingerprint density at radius 1 is 0.656 bits per heavy atom. The van der Waals surface area contributed by atoms with Gasteiger partial charge >= 0.3 is 0 Å². The number of benzene rings is 7. The van der Waals surface area contributed by atoms with E-state index in [-0.39, 0.29) is 0 Å². The fourth-order valence-electron chi connectivity index (χ4n) is 9.28. The second-order valence-electron chi connectivity index (χ2n) is 15.5. The van der Waals surface area contributed by atoms with Crippen molar-refractivity contribution in [2.24, 2.45) is 0 Å². The van der Waals surface area contributed by atoms with Crippen LogP contribution in [0.15, 0.2) is 194 Å². The van der Waals surface area contributed by atoms with Gasteiger partial charge in [0.25, 0.3) is 0 Å². The van der Waals surface area contributed by atoms with E-state index in [0.717, 1.165) is 67.8 Å². The van der Waals surface area contributed by atoms with E-state index in [0.29, 0.717) is 12.4 Å². The van der Waals surface area contributed by atoms with Crippen molar-refractivity contribution in [2.75, 3.05) is 4.90 Å². The summed E-state index contributed by atoms with van der Waals surface area (Å²) >= 11 is 0. The van der Waals surface area contributed by atoms with Crippen LogP contribution in [0.3, 0.4) is 0 Å². The van der Waals surface area contributed by atoms with E-state index in [1.165, 1.54) is 44.2 Å². The molecule has 0 aliphatic carbocycles. The molecule has 0 bridgehead atoms. The third kappa shape index (κ3) is 6.39. The van der Waals surface area contributed by atoms with Gasteiger partial charge in [-0.15, -0.1) is 0 Å². The zero-order valence-electron chi connectivity index (χ0n) is 34.8. The van der Waals surface area contributed by atoms with Crippen molar-refractivity contribution in [3.8, 4) is 39.6 Å². The first-order chi connectivity index (χ1) is 30.1. The monoisotopic (exact) mass is 786 g/mol. The van der Waals surface area contributed by atoms with E-state index in [1.807, 2.05) is 13.0 Å². The molecule has 2 aromatic heterocycles. The van der Waals surface area contributed by atoms with Crippen LogP contribution in [0.1, 0.15) is 43.0 Å². The Balaban J connectivity index is 1.27. The van der Waals surface area contributed by atoms with Crippen LogP contribution < -0.4 is 4.90 Å². The minimum Gasteiger partial charge on any atom is -0.310 e. The summed E-state index contributed by atoms with van der Waals surface area (Å²) in [6, 6.07) is 54.7. The highest BCUT2D eigenvalue weighted by molar-refractivity contribution is 6.11. The van der Waals surface area contributed by atoms with E-state index in [4.69, 9.17) is 9.97 Å². The summed E-state index contributed by atoms with van der Waals surface area (Å²) in [4.78, 5) is 13.4. The third-order valence-corrected chi connectivity index (χ3v) is 12.1. The smallest absolute Gasteiger partial charge is 0.235 e. The second kappa shape index (κ2) is 15.9. The number of hydrogen-bond acceptors (Lipinski definition) is 3. The molecular weight excluding hydrogens is 741 g/mol. The number of anilines is 2. The summed E-state index contributed by atoms with van der Waals surface area (Å²) in [6.45, 7) is 10.7. The van der Waals surface area contributed by atoms with Crippen LogP contribution in [-0.4, -0.2) is 14.5 Å². The van der Waals surface area contributed by atoms with E-state index < -0.39 is 0 Å². The number of aromatic nitrogens is 3. The normalized spacial score (nSPS) is 12.8. The largest absolute Gasteiger partial charge is 0.310 e. The lowest BCUT2D eigenvalue weighted by molar-refractivity contribution is 0.980. The van der Waals surface area contributed by atoms with Gasteiger partial charge in [-0.3, -0.25) is 4.57 Å². The number of aryl methyl sites for hydroxylation is 1. The number of fused-ring (bicyclic) bond motifs is 9. The van der Waals surface area contributed by atoms with Crippen molar-refractivity contribution < 1.29 is 0 Å². The molecule has 0 radical (unpaired) electrons. The average Bonchev–Trinajstić information content (AvgIpc) is 3.63. The van der Waals surface area contributed by atoms with Crippen LogP contribution in [0.25, 0.3) is 78.2 Å². The number of rotatable bonds is 8. The van der Waals surface area contributed by atoms with Gasteiger partial charge in [-0.2, -0.15) is 0 Å². The lowest BCUT2D eigenvalue weighted by Crippen LogP contribution is -2.20. The highest BCUT2D eigenvalue weighted by Crippen LogP contribution is 2.49. The molecule has 1 aliphatic heterocycles. The SMILES string of the molecule is C=C/C(=C\C=C/C)N1c2ccccc2Cc2c(n(-c3nc(-c4ccc(-c5cccc(CC)c5/C=C\C)cc4)c4ccccc4n3)c3c2ccc2ccccc23)-c2ccccc21. The molecular formula is C57H46N4. The molecule has 4 heteroatoms. The van der Waals surface area contributed by atoms with E-state index in [9.17, 15) is 0 Å². The summed E-state index contributed by atoms with van der Waals surface area (Å²) in [7, 11) is 0. The fraction of sp³-hybridized carbons (Fsp3) is 0.0877. The van der Waals surface area contributed by atoms with Crippen molar-refractivity contribution in [1.29, 1.82) is 0 Å². The molecule has 1 aliphatic rings. The zero-order chi connectivity index (χ0) is 41.5. The Labute approximate surface area is 357 Å². The molecule has 61 heavy (non-hydrogen) atoms. The van der Waals surface area contributed by atoms with Crippen molar-refractivity contribution in [3.05, 3.63) is 217 Å². The van der Waals surface area contributed by atoms with Gasteiger partial charge in [0.2, 0.25) is 5.95 Å². The number of nitrogens with zero attached hydrogens (tertiary/aromatic N) is 4. The lowest BCUT2D eigenvalue weighted by atomic mass is 9.92. The van der Waals surface area contributed by atoms with Crippen molar-refractivity contribution >= 4 is 50.0 Å². The predicted molar refractivity (Wildman–Crippen MR) is 259 cm³/mol. The highest BCUT2D eigenvalue weighted by atomic mass is 15.2. The molecule has 0 unspecified atom stereocenters. The Morgan fingerprint density at radius 2 is 1.38 bits per heavy atom. The maximum absolute atomic E-state index is 5.63. The fourth-order valence-corrected chi connectivity index (χ4v) is 9.28. The van der Waals surface area contributed by atoms with Crippen molar-refractivity contribution in [3.63, 3.8) is 0 Å². The van der Waals surface area contributed by atoms with Crippen LogP contribution in [0, 0.1) is 0 Å². The first-order valence-corrected chi connectivity index (χ1v) is 21.2. The van der Waals surface area contributed by atoms with E-state index >= 15 is 0 Å². The van der Waals surface area contributed by atoms with Gasteiger partial charge in [0, 0.05) is 45.1 Å². The predicted octanol–water partition coefficient (Wildman–Crippen LogP) is 15.0. The number of allylic oxidation sites excluding steroid dienone is 5. The Bertz CT molecular complexity index is 3250. The zero-order valence-corrected chi connectivity index (χ0v) is 34.8. The Kier molecular flexibility index (Phi) is 9.82. The topological polar surface area (TPSA) is 34.0 Å². The van der Waals surface area contributed by atoms with E-state index in [1.54, 1.807) is 0 Å². The molecule has 294 valence electrons. The molecule has 9 aromatic rings. The van der Waals surface area contributed by atoms with Crippen molar-refractivity contribution in [2.45, 2.75) is 33.6 Å². The lowest BCUT2D eigenvalue weighted by Gasteiger charge is -2.32. The molecule has 0 saturated carbocycles. The summed E-state index contributed by atoms with van der Waals surface area (Å²) in [5, 5.41) is 4.52. The van der Waals surface area contributed by atoms with Crippen LogP contribution in [-0.2, 0) is 12.8 Å². The first kappa shape index (κ1) is 37.7. The Morgan fingerprint density at radius 3 is 2.18 bits per heavy atom. The van der Waals surface area contributed by atoms with Crippen LogP contribution in [0.4, 0.5) is 11.4 Å². The van der Waals surface area contributed by atoms with E-state index in [2.05, 4.69) is 212 Å². The standard InChI is InChI=1S/C57H46N4/c1-5-9-23-43(8-4)60-52-29-16-11-21-42(52)37-50-47-36-35-39-20-10-12-24-46(39)55(47)61(56(50)49-26-14-17-30-53(49)60)57-58-51-28-15-13-25-48(51)54(59-57)41-33-31-40(32-34-41)45-27-18-22-38(7-3)44(45)19-6-2/h5-6,8-36H,4,7,37H2,1-3H3/b9-5-,19-6-,43-23+. The first-order valence-electron chi connectivity index (χ1n) is 21.2. The Hall–Kier alpha value is -7.56. The van der Waals surface area contributed by atoms with Gasteiger partial charge < -0.3 is 4.90 Å². The minimum atomic E-state index is 0.634. The molecule has 7 aromatic carbocycles. The number of para-hydroxylation sites is 3. The van der Waals surface area contributed by atoms with Gasteiger partial charge in [0.15, 0.2) is 0 Å². The molecule has 0 fully saturated rings.